The smallest absolute Gasteiger partial charge is 0.339 e. The molecule has 0 unspecified atom stereocenters. The van der Waals surface area contributed by atoms with Crippen molar-refractivity contribution in [3.8, 4) is 5.75 Å². The van der Waals surface area contributed by atoms with Crippen LogP contribution in [0.15, 0.2) is 69.3 Å². The Bertz CT molecular complexity index is 1420. The zero-order valence-corrected chi connectivity index (χ0v) is 18.5. The Balaban J connectivity index is 2.24. The molecular formula is C17H12Cl2O7S3. The maximum atomic E-state index is 12.6. The van der Waals surface area contributed by atoms with Crippen molar-refractivity contribution in [3.05, 3.63) is 60.2 Å². The number of fused-ring (bicyclic) bond motifs is 1. The van der Waals surface area contributed by atoms with Crippen molar-refractivity contribution in [2.24, 2.45) is 0 Å². The van der Waals surface area contributed by atoms with E-state index in [2.05, 4.69) is 0 Å². The van der Waals surface area contributed by atoms with Crippen LogP contribution in [0.25, 0.3) is 10.8 Å². The topological polar surface area (TPSA) is 112 Å². The minimum absolute atomic E-state index is 0.0579. The number of aryl methyl sites for hydroxylation is 1. The Hall–Kier alpha value is -1.85. The van der Waals surface area contributed by atoms with Gasteiger partial charge in [0.15, 0.2) is 5.75 Å². The predicted molar refractivity (Wildman–Crippen MR) is 109 cm³/mol. The second-order valence-corrected chi connectivity index (χ2v) is 12.7. The first-order valence-corrected chi connectivity index (χ1v) is 13.8. The number of hydrogen-bond acceptors (Lipinski definition) is 7. The van der Waals surface area contributed by atoms with Gasteiger partial charge in [-0.25, -0.2) is 16.8 Å². The van der Waals surface area contributed by atoms with Gasteiger partial charge in [-0.2, -0.15) is 8.42 Å². The molecule has 12 heteroatoms. The highest BCUT2D eigenvalue weighted by atomic mass is 35.7. The molecule has 0 saturated carbocycles. The maximum Gasteiger partial charge on any atom is 0.339 e. The van der Waals surface area contributed by atoms with Crippen molar-refractivity contribution in [2.45, 2.75) is 21.6 Å². The molecule has 0 aliphatic carbocycles. The molecule has 7 nitrogen and oxygen atoms in total. The van der Waals surface area contributed by atoms with Crippen LogP contribution in [0, 0.1) is 6.92 Å². The summed E-state index contributed by atoms with van der Waals surface area (Å²) in [6.07, 6.45) is 0. The first-order valence-electron chi connectivity index (χ1n) is 7.76. The van der Waals surface area contributed by atoms with Gasteiger partial charge in [0.25, 0.3) is 18.1 Å². The molecule has 29 heavy (non-hydrogen) atoms. The molecule has 0 heterocycles. The van der Waals surface area contributed by atoms with Gasteiger partial charge in [-0.1, -0.05) is 17.7 Å². The molecule has 0 bridgehead atoms. The molecule has 0 N–H and O–H groups in total. The van der Waals surface area contributed by atoms with E-state index >= 15 is 0 Å². The molecule has 0 spiro atoms. The van der Waals surface area contributed by atoms with Crippen LogP contribution in [0.3, 0.4) is 0 Å². The van der Waals surface area contributed by atoms with Gasteiger partial charge in [-0.3, -0.25) is 0 Å². The fraction of sp³-hybridized carbons (Fsp3) is 0.0588. The van der Waals surface area contributed by atoms with Gasteiger partial charge in [0.1, 0.15) is 4.90 Å². The first kappa shape index (κ1) is 21.8. The van der Waals surface area contributed by atoms with E-state index in [1.807, 2.05) is 0 Å². The largest absolute Gasteiger partial charge is 0.378 e. The Morgan fingerprint density at radius 3 is 1.76 bits per heavy atom. The minimum Gasteiger partial charge on any atom is -0.378 e. The minimum atomic E-state index is -4.30. The summed E-state index contributed by atoms with van der Waals surface area (Å²) in [5.41, 5.74) is 0.833. The standard InChI is InChI=1S/C17H12Cl2O7S3/c1-11-2-4-13(5-3-11)29(24,25)26-17-10-15(28(19,22)23)9-12-8-14(27(18,20)21)6-7-16(12)17/h2-10H,1H3. The summed E-state index contributed by atoms with van der Waals surface area (Å²) in [6.45, 7) is 1.78. The van der Waals surface area contributed by atoms with Crippen LogP contribution >= 0.6 is 21.4 Å². The molecule has 0 aromatic heterocycles. The Kier molecular flexibility index (Phi) is 5.61. The van der Waals surface area contributed by atoms with Crippen LogP contribution in [0.4, 0.5) is 0 Å². The summed E-state index contributed by atoms with van der Waals surface area (Å²) >= 11 is 0. The number of benzene rings is 3. The summed E-state index contributed by atoms with van der Waals surface area (Å²) in [4.78, 5) is -0.914. The van der Waals surface area contributed by atoms with E-state index in [9.17, 15) is 25.3 Å². The number of hydrogen-bond donors (Lipinski definition) is 0. The van der Waals surface area contributed by atoms with E-state index in [1.165, 1.54) is 18.2 Å². The summed E-state index contributed by atoms with van der Waals surface area (Å²) < 4.78 is 77.2. The lowest BCUT2D eigenvalue weighted by molar-refractivity contribution is 0.487. The monoisotopic (exact) mass is 494 g/mol. The highest BCUT2D eigenvalue weighted by Gasteiger charge is 2.22. The lowest BCUT2D eigenvalue weighted by Gasteiger charge is -2.12. The van der Waals surface area contributed by atoms with Gasteiger partial charge in [0, 0.05) is 32.8 Å². The normalized spacial score (nSPS) is 12.8. The lowest BCUT2D eigenvalue weighted by atomic mass is 10.1. The number of rotatable bonds is 5. The SMILES string of the molecule is Cc1ccc(S(=O)(=O)Oc2cc(S(=O)(=O)Cl)cc3cc(S(=O)(=O)Cl)ccc23)cc1. The molecule has 0 saturated heterocycles. The summed E-state index contributed by atoms with van der Waals surface area (Å²) in [6, 6.07) is 11.4. The molecule has 3 rings (SSSR count). The van der Waals surface area contributed by atoms with E-state index in [1.54, 1.807) is 19.1 Å². The third-order valence-corrected chi connectivity index (χ3v) is 7.87. The predicted octanol–water partition coefficient (Wildman–Crippen LogP) is 3.77. The zero-order valence-electron chi connectivity index (χ0n) is 14.5. The van der Waals surface area contributed by atoms with E-state index in [0.29, 0.717) is 0 Å². The van der Waals surface area contributed by atoms with Crippen molar-refractivity contribution >= 4 is 60.4 Å². The van der Waals surface area contributed by atoms with Crippen molar-refractivity contribution in [3.63, 3.8) is 0 Å². The fourth-order valence-corrected chi connectivity index (χ4v) is 5.03. The van der Waals surface area contributed by atoms with Gasteiger partial charge < -0.3 is 4.18 Å². The van der Waals surface area contributed by atoms with Crippen LogP contribution in [-0.2, 0) is 28.2 Å². The van der Waals surface area contributed by atoms with Crippen molar-refractivity contribution < 1.29 is 29.4 Å². The quantitative estimate of drug-likeness (QED) is 0.391. The van der Waals surface area contributed by atoms with Crippen LogP contribution in [0.1, 0.15) is 5.56 Å². The highest BCUT2D eigenvalue weighted by molar-refractivity contribution is 8.14. The fourth-order valence-electron chi connectivity index (χ4n) is 2.52. The molecule has 3 aromatic carbocycles. The molecular weight excluding hydrogens is 483 g/mol. The number of halogens is 2. The summed E-state index contributed by atoms with van der Waals surface area (Å²) in [7, 11) is -1.97. The average Bonchev–Trinajstić information content (AvgIpc) is 2.59. The van der Waals surface area contributed by atoms with Crippen LogP contribution in [0.2, 0.25) is 0 Å². The first-order chi connectivity index (χ1) is 13.3. The van der Waals surface area contributed by atoms with Crippen LogP contribution < -0.4 is 4.18 Å². The van der Waals surface area contributed by atoms with Crippen molar-refractivity contribution in [2.75, 3.05) is 0 Å². The molecule has 0 radical (unpaired) electrons. The lowest BCUT2D eigenvalue weighted by Crippen LogP contribution is -2.10. The van der Waals surface area contributed by atoms with Crippen molar-refractivity contribution in [1.82, 2.24) is 0 Å². The molecule has 0 atom stereocenters. The molecule has 0 fully saturated rings. The molecule has 154 valence electrons. The summed E-state index contributed by atoms with van der Waals surface area (Å²) in [5, 5.41) is 0.205. The highest BCUT2D eigenvalue weighted by Crippen LogP contribution is 2.34. The third kappa shape index (κ3) is 4.84. The Morgan fingerprint density at radius 1 is 0.690 bits per heavy atom. The molecule has 0 aliphatic rings. The van der Waals surface area contributed by atoms with Gasteiger partial charge in [-0.15, -0.1) is 0 Å². The second kappa shape index (κ2) is 7.44. The van der Waals surface area contributed by atoms with Crippen LogP contribution in [-0.4, -0.2) is 25.3 Å². The Labute approximate surface area is 176 Å². The van der Waals surface area contributed by atoms with Gasteiger partial charge >= 0.3 is 10.1 Å². The molecule has 3 aromatic rings. The molecule has 0 aliphatic heterocycles. The van der Waals surface area contributed by atoms with Gasteiger partial charge in [0.05, 0.1) is 9.79 Å². The van der Waals surface area contributed by atoms with Gasteiger partial charge in [0.2, 0.25) is 0 Å². The summed E-state index contributed by atoms with van der Waals surface area (Å²) in [5.74, 6) is -0.333. The van der Waals surface area contributed by atoms with Gasteiger partial charge in [-0.05, 0) is 48.7 Å². The average molecular weight is 495 g/mol. The van der Waals surface area contributed by atoms with E-state index in [0.717, 1.165) is 29.8 Å². The molecule has 0 amide bonds. The second-order valence-electron chi connectivity index (χ2n) is 6.03. The zero-order chi connectivity index (χ0) is 21.6. The van der Waals surface area contributed by atoms with Crippen molar-refractivity contribution in [1.29, 1.82) is 0 Å². The van der Waals surface area contributed by atoms with Crippen LogP contribution in [0.5, 0.6) is 5.75 Å². The Morgan fingerprint density at radius 2 is 1.21 bits per heavy atom. The van der Waals surface area contributed by atoms with E-state index in [4.69, 9.17) is 25.5 Å². The maximum absolute atomic E-state index is 12.6. The van der Waals surface area contributed by atoms with E-state index in [-0.39, 0.29) is 26.3 Å². The van der Waals surface area contributed by atoms with E-state index < -0.39 is 33.1 Å². The third-order valence-electron chi connectivity index (χ3n) is 3.93.